The van der Waals surface area contributed by atoms with Crippen LogP contribution < -0.4 is 9.64 Å². The van der Waals surface area contributed by atoms with E-state index in [1.54, 1.807) is 0 Å². The Labute approximate surface area is 240 Å². The quantitative estimate of drug-likeness (QED) is 0.167. The highest BCUT2D eigenvalue weighted by Gasteiger charge is 2.38. The Balaban J connectivity index is 2.15. The van der Waals surface area contributed by atoms with Gasteiger partial charge in [0.05, 0.1) is 37.6 Å². The molecule has 0 aliphatic heterocycles. The number of pyridine rings is 1. The molecule has 1 aromatic heterocycles. The lowest BCUT2D eigenvalue weighted by Gasteiger charge is -2.36. The van der Waals surface area contributed by atoms with E-state index in [2.05, 4.69) is 11.9 Å². The third-order valence-corrected chi connectivity index (χ3v) is 7.28. The number of rotatable bonds is 11. The van der Waals surface area contributed by atoms with Crippen molar-refractivity contribution in [3.63, 3.8) is 0 Å². The van der Waals surface area contributed by atoms with Crippen LogP contribution in [0.3, 0.4) is 0 Å². The van der Waals surface area contributed by atoms with Crippen molar-refractivity contribution in [2.45, 2.75) is 50.7 Å². The zero-order valence-electron chi connectivity index (χ0n) is 23.2. The molecular weight excluding hydrogens is 572 g/mol. The number of carbonyl (C=O) groups is 2. The van der Waals surface area contributed by atoms with Crippen LogP contribution in [0.2, 0.25) is 0 Å². The molecule has 0 bridgehead atoms. The Hall–Kier alpha value is -2.96. The van der Waals surface area contributed by atoms with Crippen LogP contribution in [0.5, 0.6) is 11.6 Å². The number of hydrogen-bond acceptors (Lipinski definition) is 7. The molecule has 0 unspecified atom stereocenters. The van der Waals surface area contributed by atoms with Gasteiger partial charge in [-0.25, -0.2) is 14.2 Å². The van der Waals surface area contributed by atoms with Crippen LogP contribution in [-0.4, -0.2) is 57.4 Å². The van der Waals surface area contributed by atoms with E-state index in [4.69, 9.17) is 30.5 Å². The molecular formula is C28H33ClF4N2O6. The van der Waals surface area contributed by atoms with E-state index in [0.717, 1.165) is 44.3 Å². The van der Waals surface area contributed by atoms with Crippen molar-refractivity contribution < 1.29 is 46.1 Å². The van der Waals surface area contributed by atoms with Gasteiger partial charge in [-0.15, -0.1) is 11.6 Å². The highest BCUT2D eigenvalue weighted by atomic mass is 35.5. The Bertz CT molecular complexity index is 1210. The minimum atomic E-state index is -4.89. The molecule has 1 amide bonds. The van der Waals surface area contributed by atoms with Crippen LogP contribution in [-0.2, 0) is 31.1 Å². The minimum Gasteiger partial charge on any atom is -0.465 e. The van der Waals surface area contributed by atoms with Crippen LogP contribution in [0.15, 0.2) is 24.4 Å². The van der Waals surface area contributed by atoms with E-state index in [1.807, 2.05) is 0 Å². The number of hydrogen-bond donors (Lipinski definition) is 0. The summed E-state index contributed by atoms with van der Waals surface area (Å²) in [5.74, 6) is -4.29. The lowest BCUT2D eigenvalue weighted by Crippen LogP contribution is -2.49. The van der Waals surface area contributed by atoms with Crippen molar-refractivity contribution in [3.05, 3.63) is 46.9 Å². The maximum absolute atomic E-state index is 15.6. The molecule has 3 rings (SSSR count). The average molecular weight is 605 g/mol. The second kappa shape index (κ2) is 14.3. The molecule has 0 N–H and O–H groups in total. The summed E-state index contributed by atoms with van der Waals surface area (Å²) in [4.78, 5) is 31.8. The van der Waals surface area contributed by atoms with Gasteiger partial charge in [-0.1, -0.05) is 6.92 Å². The molecule has 1 aliphatic carbocycles. The molecule has 8 nitrogen and oxygen atoms in total. The van der Waals surface area contributed by atoms with Crippen LogP contribution in [0, 0.1) is 17.7 Å². The van der Waals surface area contributed by atoms with Crippen molar-refractivity contribution in [3.8, 4) is 11.6 Å². The van der Waals surface area contributed by atoms with Crippen molar-refractivity contribution in [1.82, 2.24) is 4.98 Å². The first-order chi connectivity index (χ1) is 19.4. The van der Waals surface area contributed by atoms with E-state index in [9.17, 15) is 22.8 Å². The summed E-state index contributed by atoms with van der Waals surface area (Å²) in [5, 5.41) is 0. The predicted molar refractivity (Wildman–Crippen MR) is 143 cm³/mol. The van der Waals surface area contributed by atoms with Gasteiger partial charge in [0.1, 0.15) is 5.56 Å². The predicted octanol–water partition coefficient (Wildman–Crippen LogP) is 6.38. The summed E-state index contributed by atoms with van der Waals surface area (Å²) >= 11 is 5.65. The second-order valence-corrected chi connectivity index (χ2v) is 10.2. The number of methoxy groups -OCH3 is 3. The van der Waals surface area contributed by atoms with Gasteiger partial charge in [-0.3, -0.25) is 4.79 Å². The summed E-state index contributed by atoms with van der Waals surface area (Å²) in [7, 11) is 3.93. The van der Waals surface area contributed by atoms with Crippen LogP contribution in [0.1, 0.15) is 54.1 Å². The van der Waals surface area contributed by atoms with E-state index in [0.29, 0.717) is 18.8 Å². The molecule has 1 aliphatic rings. The van der Waals surface area contributed by atoms with Gasteiger partial charge in [-0.2, -0.15) is 13.2 Å². The molecule has 226 valence electrons. The second-order valence-electron chi connectivity index (χ2n) is 9.95. The Morgan fingerprint density at radius 3 is 2.24 bits per heavy atom. The van der Waals surface area contributed by atoms with Crippen LogP contribution >= 0.6 is 11.6 Å². The Kier molecular flexibility index (Phi) is 11.3. The third kappa shape index (κ3) is 7.87. The van der Waals surface area contributed by atoms with Gasteiger partial charge < -0.3 is 23.8 Å². The van der Waals surface area contributed by atoms with Crippen molar-refractivity contribution >= 4 is 29.2 Å². The zero-order chi connectivity index (χ0) is 30.3. The third-order valence-electron chi connectivity index (χ3n) is 6.97. The number of amides is 1. The SMILES string of the molecule is COCC(COC)N(c1cc(F)c(Oc2ncc(CCl)cc2C(F)(F)F)cc1C(=O)OC)C(=O)[C@H]1CC[C@H](C)CC1. The zero-order valence-corrected chi connectivity index (χ0v) is 24.0. The summed E-state index contributed by atoms with van der Waals surface area (Å²) in [6.45, 7) is 2.09. The summed E-state index contributed by atoms with van der Waals surface area (Å²) in [6.07, 6.45) is -0.969. The molecule has 0 saturated heterocycles. The number of anilines is 1. The molecule has 41 heavy (non-hydrogen) atoms. The molecule has 2 aromatic rings. The lowest BCUT2D eigenvalue weighted by molar-refractivity contribution is -0.139. The molecule has 1 heterocycles. The first kappa shape index (κ1) is 32.6. The molecule has 0 spiro atoms. The standard InChI is InChI=1S/C28H33ClF4N2O6/c1-16-5-7-18(8-6-16)26(36)35(19(14-38-2)15-39-3)23-11-22(30)24(10-20(23)27(37)40-4)41-25-21(28(31,32)33)9-17(12-29)13-34-25/h9-11,13,16,18-19H,5-8,12,14-15H2,1-4H3/t16-,18-. The van der Waals surface area contributed by atoms with Gasteiger partial charge >= 0.3 is 12.1 Å². The number of carbonyl (C=O) groups excluding carboxylic acids is 2. The molecule has 0 atom stereocenters. The summed E-state index contributed by atoms with van der Waals surface area (Å²) in [6, 6.07) is 1.75. The number of halogens is 5. The van der Waals surface area contributed by atoms with Gasteiger partial charge in [-0.05, 0) is 43.2 Å². The summed E-state index contributed by atoms with van der Waals surface area (Å²) in [5.41, 5.74) is -1.65. The smallest absolute Gasteiger partial charge is 0.421 e. The van der Waals surface area contributed by atoms with Crippen LogP contribution in [0.4, 0.5) is 23.2 Å². The van der Waals surface area contributed by atoms with E-state index in [-0.39, 0.29) is 41.8 Å². The first-order valence-corrected chi connectivity index (χ1v) is 13.5. The number of esters is 1. The fraction of sp³-hybridized carbons (Fsp3) is 0.536. The van der Waals surface area contributed by atoms with E-state index >= 15 is 4.39 Å². The topological polar surface area (TPSA) is 87.2 Å². The van der Waals surface area contributed by atoms with Gasteiger partial charge in [0.15, 0.2) is 11.6 Å². The lowest BCUT2D eigenvalue weighted by atomic mass is 9.82. The normalized spacial score (nSPS) is 17.4. The Morgan fingerprint density at radius 1 is 1.07 bits per heavy atom. The molecule has 1 saturated carbocycles. The number of alkyl halides is 4. The molecule has 0 radical (unpaired) electrons. The van der Waals surface area contributed by atoms with Crippen molar-refractivity contribution in [2.24, 2.45) is 11.8 Å². The van der Waals surface area contributed by atoms with Crippen molar-refractivity contribution in [2.75, 3.05) is 39.4 Å². The number of nitrogens with zero attached hydrogens (tertiary/aromatic N) is 2. The Morgan fingerprint density at radius 2 is 1.71 bits per heavy atom. The van der Waals surface area contributed by atoms with Crippen molar-refractivity contribution in [1.29, 1.82) is 0 Å². The highest BCUT2D eigenvalue weighted by molar-refractivity contribution is 6.17. The highest BCUT2D eigenvalue weighted by Crippen LogP contribution is 2.40. The van der Waals surface area contributed by atoms with Gasteiger partial charge in [0.2, 0.25) is 11.8 Å². The number of benzene rings is 1. The molecule has 13 heteroatoms. The van der Waals surface area contributed by atoms with Crippen LogP contribution in [0.25, 0.3) is 0 Å². The summed E-state index contributed by atoms with van der Waals surface area (Å²) < 4.78 is 77.5. The number of aromatic nitrogens is 1. The minimum absolute atomic E-state index is 0.00499. The number of ether oxygens (including phenoxy) is 4. The molecule has 1 aromatic carbocycles. The fourth-order valence-corrected chi connectivity index (χ4v) is 4.98. The maximum atomic E-state index is 15.6. The molecule has 1 fully saturated rings. The maximum Gasteiger partial charge on any atom is 0.421 e. The monoisotopic (exact) mass is 604 g/mol. The fourth-order valence-electron chi connectivity index (χ4n) is 4.83. The van der Waals surface area contributed by atoms with Gasteiger partial charge in [0, 0.05) is 44.3 Å². The van der Waals surface area contributed by atoms with Gasteiger partial charge in [0.25, 0.3) is 0 Å². The first-order valence-electron chi connectivity index (χ1n) is 13.0. The van der Waals surface area contributed by atoms with E-state index in [1.165, 1.54) is 19.1 Å². The van der Waals surface area contributed by atoms with E-state index < -0.39 is 47.1 Å². The largest absolute Gasteiger partial charge is 0.465 e. The average Bonchev–Trinajstić information content (AvgIpc) is 2.94.